The maximum atomic E-state index is 13.0. The molecule has 13 heteroatoms. The molecular formula is C24H20BrF3N4O4S. The van der Waals surface area contributed by atoms with Gasteiger partial charge in [0, 0.05) is 15.7 Å². The molecule has 4 aromatic rings. The maximum Gasteiger partial charge on any atom is 0.416 e. The van der Waals surface area contributed by atoms with Gasteiger partial charge in [-0.25, -0.2) is 13.1 Å². The molecule has 194 valence electrons. The number of nitrogens with zero attached hydrogens (tertiary/aromatic N) is 3. The van der Waals surface area contributed by atoms with Crippen molar-refractivity contribution in [2.75, 3.05) is 18.4 Å². The quantitative estimate of drug-likeness (QED) is 0.271. The summed E-state index contributed by atoms with van der Waals surface area (Å²) in [4.78, 5) is 4.26. The van der Waals surface area contributed by atoms with E-state index in [9.17, 15) is 21.6 Å². The Morgan fingerprint density at radius 3 is 2.30 bits per heavy atom. The minimum Gasteiger partial charge on any atom is -0.495 e. The summed E-state index contributed by atoms with van der Waals surface area (Å²) < 4.78 is 79.9. The molecule has 37 heavy (non-hydrogen) atoms. The zero-order valence-electron chi connectivity index (χ0n) is 19.5. The van der Waals surface area contributed by atoms with Crippen LogP contribution in [-0.4, -0.2) is 36.9 Å². The number of alkyl halides is 3. The van der Waals surface area contributed by atoms with Gasteiger partial charge in [0.2, 0.25) is 0 Å². The Balaban J connectivity index is 1.66. The van der Waals surface area contributed by atoms with Gasteiger partial charge in [0.1, 0.15) is 10.6 Å². The predicted molar refractivity (Wildman–Crippen MR) is 134 cm³/mol. The summed E-state index contributed by atoms with van der Waals surface area (Å²) in [6, 6.07) is 15.4. The van der Waals surface area contributed by atoms with E-state index in [2.05, 4.69) is 30.7 Å². The Hall–Kier alpha value is -3.58. The number of halogens is 4. The van der Waals surface area contributed by atoms with Crippen molar-refractivity contribution in [2.45, 2.75) is 18.0 Å². The lowest BCUT2D eigenvalue weighted by Gasteiger charge is -2.13. The summed E-state index contributed by atoms with van der Waals surface area (Å²) in [5, 5.41) is 4.30. The monoisotopic (exact) mass is 596 g/mol. The van der Waals surface area contributed by atoms with Crippen LogP contribution >= 0.6 is 15.9 Å². The lowest BCUT2D eigenvalue weighted by molar-refractivity contribution is -0.137. The third-order valence-corrected chi connectivity index (χ3v) is 7.01. The number of anilines is 1. The molecule has 0 unspecified atom stereocenters. The molecule has 0 amide bonds. The normalized spacial score (nSPS) is 11.8. The molecule has 4 rings (SSSR count). The van der Waals surface area contributed by atoms with Crippen molar-refractivity contribution < 1.29 is 31.1 Å². The van der Waals surface area contributed by atoms with Crippen LogP contribution in [0.25, 0.3) is 17.1 Å². The van der Waals surface area contributed by atoms with E-state index in [1.807, 2.05) is 0 Å². The van der Waals surface area contributed by atoms with Crippen LogP contribution in [0.2, 0.25) is 0 Å². The molecule has 1 aromatic heterocycles. The number of rotatable bonds is 8. The van der Waals surface area contributed by atoms with Gasteiger partial charge in [0.25, 0.3) is 10.0 Å². The standard InChI is InChI=1S/C24H20BrF3N4O4S/c1-3-36-23-29-22(15-4-6-16(7-5-15)24(26,27)28)32(30-23)19-11-9-18(10-12-19)31-37(33,34)21-14-17(25)8-13-20(21)35-2/h4-14,31H,3H2,1-2H3. The fraction of sp³-hybridized carbons (Fsp3) is 0.167. The molecule has 8 nitrogen and oxygen atoms in total. The molecule has 0 aliphatic rings. The van der Waals surface area contributed by atoms with Gasteiger partial charge < -0.3 is 9.47 Å². The van der Waals surface area contributed by atoms with Crippen molar-refractivity contribution >= 4 is 31.6 Å². The Morgan fingerprint density at radius 2 is 1.70 bits per heavy atom. The molecule has 0 saturated carbocycles. The first kappa shape index (κ1) is 26.5. The van der Waals surface area contributed by atoms with E-state index in [-0.39, 0.29) is 34.8 Å². The Kier molecular flexibility index (Phi) is 7.46. The van der Waals surface area contributed by atoms with Crippen LogP contribution in [0.15, 0.2) is 76.1 Å². The van der Waals surface area contributed by atoms with Crippen LogP contribution in [0.5, 0.6) is 11.8 Å². The second kappa shape index (κ2) is 10.4. The summed E-state index contributed by atoms with van der Waals surface area (Å²) in [6.45, 7) is 2.04. The van der Waals surface area contributed by atoms with E-state index in [1.54, 1.807) is 25.1 Å². The number of nitrogens with one attached hydrogen (secondary N) is 1. The van der Waals surface area contributed by atoms with Crippen LogP contribution in [0, 0.1) is 0 Å². The molecule has 0 saturated heterocycles. The van der Waals surface area contributed by atoms with Gasteiger partial charge in [0.15, 0.2) is 5.82 Å². The number of hydrogen-bond donors (Lipinski definition) is 1. The summed E-state index contributed by atoms with van der Waals surface area (Å²) in [6.07, 6.45) is -4.47. The topological polar surface area (TPSA) is 95.3 Å². The van der Waals surface area contributed by atoms with Crippen molar-refractivity contribution in [3.63, 3.8) is 0 Å². The summed E-state index contributed by atoms with van der Waals surface area (Å²) in [7, 11) is -2.60. The second-order valence-electron chi connectivity index (χ2n) is 7.59. The minimum atomic E-state index is -4.47. The molecule has 0 radical (unpaired) electrons. The van der Waals surface area contributed by atoms with Crippen LogP contribution in [0.4, 0.5) is 18.9 Å². The third-order valence-electron chi connectivity index (χ3n) is 5.11. The number of benzene rings is 3. The maximum absolute atomic E-state index is 13.0. The summed E-state index contributed by atoms with van der Waals surface area (Å²) in [5.41, 5.74) is 0.354. The molecule has 0 fully saturated rings. The predicted octanol–water partition coefficient (Wildman–Crippen LogP) is 5.92. The van der Waals surface area contributed by atoms with Gasteiger partial charge >= 0.3 is 12.2 Å². The third kappa shape index (κ3) is 5.88. The summed E-state index contributed by atoms with van der Waals surface area (Å²) in [5.74, 6) is 0.434. The van der Waals surface area contributed by atoms with E-state index in [0.717, 1.165) is 12.1 Å². The van der Waals surface area contributed by atoms with E-state index < -0.39 is 21.8 Å². The first-order valence-corrected chi connectivity index (χ1v) is 13.0. The SMILES string of the molecule is CCOc1nc(-c2ccc(C(F)(F)F)cc2)n(-c2ccc(NS(=O)(=O)c3cc(Br)ccc3OC)cc2)n1. The highest BCUT2D eigenvalue weighted by Gasteiger charge is 2.30. The smallest absolute Gasteiger partial charge is 0.416 e. The van der Waals surface area contributed by atoms with Gasteiger partial charge in [-0.3, -0.25) is 4.72 Å². The number of ether oxygens (including phenoxy) is 2. The first-order chi connectivity index (χ1) is 17.5. The van der Waals surface area contributed by atoms with Gasteiger partial charge in [-0.2, -0.15) is 18.2 Å². The van der Waals surface area contributed by atoms with Gasteiger partial charge in [-0.15, -0.1) is 5.10 Å². The van der Waals surface area contributed by atoms with Gasteiger partial charge in [0.05, 0.1) is 25.0 Å². The molecule has 0 aliphatic heterocycles. The Bertz CT molecular complexity index is 1510. The lowest BCUT2D eigenvalue weighted by Crippen LogP contribution is -2.14. The lowest BCUT2D eigenvalue weighted by atomic mass is 10.1. The molecule has 0 aliphatic carbocycles. The van der Waals surface area contributed by atoms with Crippen LogP contribution in [-0.2, 0) is 16.2 Å². The second-order valence-corrected chi connectivity index (χ2v) is 10.2. The fourth-order valence-electron chi connectivity index (χ4n) is 3.40. The summed E-state index contributed by atoms with van der Waals surface area (Å²) >= 11 is 3.26. The number of methoxy groups -OCH3 is 1. The molecular weight excluding hydrogens is 577 g/mol. The van der Waals surface area contributed by atoms with E-state index in [0.29, 0.717) is 15.7 Å². The first-order valence-electron chi connectivity index (χ1n) is 10.8. The van der Waals surface area contributed by atoms with Crippen molar-refractivity contribution in [2.24, 2.45) is 0 Å². The highest BCUT2D eigenvalue weighted by atomic mass is 79.9. The highest BCUT2D eigenvalue weighted by Crippen LogP contribution is 2.32. The van der Waals surface area contributed by atoms with E-state index in [1.165, 1.54) is 48.2 Å². The Morgan fingerprint density at radius 1 is 1.03 bits per heavy atom. The molecule has 0 atom stereocenters. The molecule has 1 heterocycles. The number of hydrogen-bond acceptors (Lipinski definition) is 6. The van der Waals surface area contributed by atoms with Crippen LogP contribution in [0.3, 0.4) is 0 Å². The molecule has 1 N–H and O–H groups in total. The van der Waals surface area contributed by atoms with Gasteiger partial charge in [-0.05, 0) is 61.5 Å². The largest absolute Gasteiger partial charge is 0.495 e. The van der Waals surface area contributed by atoms with Gasteiger partial charge in [-0.1, -0.05) is 28.1 Å². The highest BCUT2D eigenvalue weighted by molar-refractivity contribution is 9.10. The number of sulfonamides is 1. The molecule has 0 spiro atoms. The molecule has 0 bridgehead atoms. The van der Waals surface area contributed by atoms with Crippen LogP contribution in [0.1, 0.15) is 12.5 Å². The van der Waals surface area contributed by atoms with Crippen molar-refractivity contribution in [3.8, 4) is 28.8 Å². The average molecular weight is 597 g/mol. The minimum absolute atomic E-state index is 0.0453. The molecule has 3 aromatic carbocycles. The van der Waals surface area contributed by atoms with E-state index >= 15 is 0 Å². The average Bonchev–Trinajstić information content (AvgIpc) is 3.28. The van der Waals surface area contributed by atoms with Crippen molar-refractivity contribution in [3.05, 3.63) is 76.8 Å². The Labute approximate surface area is 219 Å². The zero-order chi connectivity index (χ0) is 26.8. The van der Waals surface area contributed by atoms with Crippen molar-refractivity contribution in [1.29, 1.82) is 0 Å². The zero-order valence-corrected chi connectivity index (χ0v) is 21.9. The number of aromatic nitrogens is 3. The van der Waals surface area contributed by atoms with E-state index in [4.69, 9.17) is 9.47 Å². The van der Waals surface area contributed by atoms with Crippen molar-refractivity contribution in [1.82, 2.24) is 14.8 Å². The van der Waals surface area contributed by atoms with Crippen LogP contribution < -0.4 is 14.2 Å². The fourth-order valence-corrected chi connectivity index (χ4v) is 5.17.